The highest BCUT2D eigenvalue weighted by molar-refractivity contribution is 5.85. The van der Waals surface area contributed by atoms with E-state index in [1.54, 1.807) is 0 Å². The smallest absolute Gasteiger partial charge is 0.225 e. The lowest BCUT2D eigenvalue weighted by Crippen LogP contribution is -2.49. The molecule has 1 aliphatic heterocycles. The Labute approximate surface area is 71.6 Å². The van der Waals surface area contributed by atoms with E-state index in [4.69, 9.17) is 0 Å². The zero-order chi connectivity index (χ0) is 8.55. The number of carbonyl (C=O) groups is 1. The van der Waals surface area contributed by atoms with Gasteiger partial charge in [0.25, 0.3) is 0 Å². The fraction of sp³-hybridized carbons (Fsp3) is 0.300. The second kappa shape index (κ2) is 2.63. The molecule has 0 radical (unpaired) electrons. The van der Waals surface area contributed by atoms with Crippen molar-refractivity contribution in [3.63, 3.8) is 0 Å². The van der Waals surface area contributed by atoms with Gasteiger partial charge in [-0.3, -0.25) is 4.79 Å². The summed E-state index contributed by atoms with van der Waals surface area (Å²) < 4.78 is 0. The van der Waals surface area contributed by atoms with Gasteiger partial charge in [-0.2, -0.15) is 0 Å². The van der Waals surface area contributed by atoms with E-state index in [0.29, 0.717) is 0 Å². The molecule has 0 aliphatic carbocycles. The molecule has 1 N–H and O–H groups in total. The van der Waals surface area contributed by atoms with Gasteiger partial charge < -0.3 is 5.32 Å². The molecule has 0 spiro atoms. The van der Waals surface area contributed by atoms with E-state index in [9.17, 15) is 4.79 Å². The second-order valence-electron chi connectivity index (χ2n) is 3.19. The molecule has 2 atom stereocenters. The predicted molar refractivity (Wildman–Crippen MR) is 46.5 cm³/mol. The number of amides is 1. The van der Waals surface area contributed by atoms with Crippen LogP contribution in [-0.2, 0) is 4.79 Å². The minimum atomic E-state index is 0.132. The Hall–Kier alpha value is -1.31. The molecule has 1 aromatic carbocycles. The van der Waals surface area contributed by atoms with Crippen LogP contribution < -0.4 is 5.32 Å². The van der Waals surface area contributed by atoms with Gasteiger partial charge in [0.2, 0.25) is 5.91 Å². The Morgan fingerprint density at radius 2 is 1.92 bits per heavy atom. The van der Waals surface area contributed by atoms with Crippen LogP contribution >= 0.6 is 0 Å². The van der Waals surface area contributed by atoms with Crippen molar-refractivity contribution in [2.24, 2.45) is 5.92 Å². The van der Waals surface area contributed by atoms with Crippen LogP contribution in [0.2, 0.25) is 0 Å². The van der Waals surface area contributed by atoms with Crippen LogP contribution in [0.1, 0.15) is 18.5 Å². The second-order valence-corrected chi connectivity index (χ2v) is 3.19. The number of hydrogen-bond donors (Lipinski definition) is 1. The van der Waals surface area contributed by atoms with Crippen molar-refractivity contribution in [1.29, 1.82) is 0 Å². The monoisotopic (exact) mass is 161 g/mol. The van der Waals surface area contributed by atoms with Crippen molar-refractivity contribution in [3.05, 3.63) is 35.9 Å². The molecule has 2 rings (SSSR count). The van der Waals surface area contributed by atoms with E-state index in [-0.39, 0.29) is 17.9 Å². The third-order valence-corrected chi connectivity index (χ3v) is 2.37. The van der Waals surface area contributed by atoms with Crippen molar-refractivity contribution in [3.8, 4) is 0 Å². The Kier molecular flexibility index (Phi) is 1.61. The first-order valence-electron chi connectivity index (χ1n) is 4.14. The number of benzene rings is 1. The maximum Gasteiger partial charge on any atom is 0.225 e. The molecule has 2 heteroatoms. The summed E-state index contributed by atoms with van der Waals surface area (Å²) in [5.74, 6) is 0.288. The van der Waals surface area contributed by atoms with E-state index < -0.39 is 0 Å². The molecule has 0 bridgehead atoms. The summed E-state index contributed by atoms with van der Waals surface area (Å²) in [5, 5.41) is 2.87. The van der Waals surface area contributed by atoms with Crippen LogP contribution in [-0.4, -0.2) is 5.91 Å². The van der Waals surface area contributed by atoms with Gasteiger partial charge in [0.1, 0.15) is 0 Å². The van der Waals surface area contributed by atoms with Crippen LogP contribution in [0.25, 0.3) is 0 Å². The van der Waals surface area contributed by atoms with Crippen LogP contribution in [0.15, 0.2) is 30.3 Å². The first-order chi connectivity index (χ1) is 5.79. The summed E-state index contributed by atoms with van der Waals surface area (Å²) in [6.07, 6.45) is 0. The van der Waals surface area contributed by atoms with Crippen molar-refractivity contribution in [2.75, 3.05) is 0 Å². The highest BCUT2D eigenvalue weighted by Crippen LogP contribution is 2.29. The van der Waals surface area contributed by atoms with Crippen LogP contribution in [0, 0.1) is 5.92 Å². The number of β-lactam (4-membered cyclic amide) rings is 1. The Balaban J connectivity index is 2.18. The van der Waals surface area contributed by atoms with Gasteiger partial charge in [0.05, 0.1) is 12.0 Å². The summed E-state index contributed by atoms with van der Waals surface area (Å²) in [6, 6.07) is 10.3. The van der Waals surface area contributed by atoms with Gasteiger partial charge >= 0.3 is 0 Å². The van der Waals surface area contributed by atoms with Crippen LogP contribution in [0.3, 0.4) is 0 Å². The fourth-order valence-electron chi connectivity index (χ4n) is 1.50. The average Bonchev–Trinajstić information content (AvgIpc) is 2.15. The summed E-state index contributed by atoms with van der Waals surface area (Å²) in [7, 11) is 0. The highest BCUT2D eigenvalue weighted by atomic mass is 16.2. The molecule has 1 aliphatic rings. The molecule has 0 saturated carbocycles. The molecule has 62 valence electrons. The third-order valence-electron chi connectivity index (χ3n) is 2.37. The van der Waals surface area contributed by atoms with Gasteiger partial charge in [0.15, 0.2) is 0 Å². The molecule has 1 heterocycles. The number of hydrogen-bond acceptors (Lipinski definition) is 1. The number of rotatable bonds is 1. The van der Waals surface area contributed by atoms with Gasteiger partial charge in [0, 0.05) is 0 Å². The normalized spacial score (nSPS) is 27.6. The third kappa shape index (κ3) is 0.998. The molecule has 1 aromatic rings. The molecule has 1 amide bonds. The summed E-state index contributed by atoms with van der Waals surface area (Å²) in [6.45, 7) is 1.95. The highest BCUT2D eigenvalue weighted by Gasteiger charge is 2.35. The lowest BCUT2D eigenvalue weighted by atomic mass is 9.87. The van der Waals surface area contributed by atoms with Crippen molar-refractivity contribution in [1.82, 2.24) is 5.32 Å². The maximum absolute atomic E-state index is 10.9. The first-order valence-corrected chi connectivity index (χ1v) is 4.14. The van der Waals surface area contributed by atoms with Gasteiger partial charge in [-0.1, -0.05) is 37.3 Å². The van der Waals surface area contributed by atoms with Crippen molar-refractivity contribution >= 4 is 5.91 Å². The summed E-state index contributed by atoms with van der Waals surface area (Å²) in [5.41, 5.74) is 1.20. The Bertz CT molecular complexity index is 294. The molecular weight excluding hydrogens is 150 g/mol. The lowest BCUT2D eigenvalue weighted by Gasteiger charge is -2.34. The largest absolute Gasteiger partial charge is 0.348 e. The van der Waals surface area contributed by atoms with Crippen molar-refractivity contribution < 1.29 is 4.79 Å². The van der Waals surface area contributed by atoms with E-state index in [1.165, 1.54) is 5.56 Å². The minimum Gasteiger partial charge on any atom is -0.348 e. The van der Waals surface area contributed by atoms with E-state index in [0.717, 1.165) is 0 Å². The van der Waals surface area contributed by atoms with E-state index >= 15 is 0 Å². The van der Waals surface area contributed by atoms with Crippen LogP contribution in [0.5, 0.6) is 0 Å². The summed E-state index contributed by atoms with van der Waals surface area (Å²) in [4.78, 5) is 10.9. The van der Waals surface area contributed by atoms with Gasteiger partial charge in [-0.15, -0.1) is 0 Å². The quantitative estimate of drug-likeness (QED) is 0.621. The SMILES string of the molecule is C[C@@H]1C(=O)N[C@@H]1c1ccccc1. The van der Waals surface area contributed by atoms with E-state index in [2.05, 4.69) is 5.32 Å². The topological polar surface area (TPSA) is 29.1 Å². The fourth-order valence-corrected chi connectivity index (χ4v) is 1.50. The average molecular weight is 161 g/mol. The van der Waals surface area contributed by atoms with Gasteiger partial charge in [-0.05, 0) is 5.56 Å². The van der Waals surface area contributed by atoms with E-state index in [1.807, 2.05) is 37.3 Å². The summed E-state index contributed by atoms with van der Waals surface area (Å²) >= 11 is 0. The molecule has 1 saturated heterocycles. The first kappa shape index (κ1) is 7.35. The molecule has 0 aromatic heterocycles. The molecule has 0 unspecified atom stereocenters. The minimum absolute atomic E-state index is 0.132. The number of carbonyl (C=O) groups excluding carboxylic acids is 1. The zero-order valence-corrected chi connectivity index (χ0v) is 6.95. The molecule has 12 heavy (non-hydrogen) atoms. The standard InChI is InChI=1S/C10H11NO/c1-7-9(11-10(7)12)8-5-3-2-4-6-8/h2-7,9H,1H3,(H,11,12)/t7-,9-/m0/s1. The predicted octanol–water partition coefficient (Wildman–Crippen LogP) is 1.49. The Morgan fingerprint density at radius 3 is 2.42 bits per heavy atom. The van der Waals surface area contributed by atoms with Crippen molar-refractivity contribution in [2.45, 2.75) is 13.0 Å². The lowest BCUT2D eigenvalue weighted by molar-refractivity contribution is -0.134. The molecule has 2 nitrogen and oxygen atoms in total. The molecule has 1 fully saturated rings. The maximum atomic E-state index is 10.9. The Morgan fingerprint density at radius 1 is 1.25 bits per heavy atom. The number of nitrogens with one attached hydrogen (secondary N) is 1. The zero-order valence-electron chi connectivity index (χ0n) is 6.95. The molecular formula is C10H11NO. The van der Waals surface area contributed by atoms with Crippen LogP contribution in [0.4, 0.5) is 0 Å². The van der Waals surface area contributed by atoms with Gasteiger partial charge in [-0.25, -0.2) is 0 Å².